The summed E-state index contributed by atoms with van der Waals surface area (Å²) in [6, 6.07) is 8.74. The molecule has 0 aliphatic rings. The van der Waals surface area contributed by atoms with Gasteiger partial charge < -0.3 is 14.8 Å². The lowest BCUT2D eigenvalue weighted by Crippen LogP contribution is -2.43. The van der Waals surface area contributed by atoms with Gasteiger partial charge in [0, 0.05) is 0 Å². The minimum atomic E-state index is -0.671. The van der Waals surface area contributed by atoms with E-state index in [1.807, 2.05) is 44.2 Å². The highest BCUT2D eigenvalue weighted by molar-refractivity contribution is 5.81. The smallest absolute Gasteiger partial charge is 0.408 e. The van der Waals surface area contributed by atoms with Crippen molar-refractivity contribution in [3.8, 4) is 0 Å². The number of rotatable bonds is 10. The Morgan fingerprint density at radius 3 is 2.42 bits per heavy atom. The molecule has 1 rings (SSSR count). The number of carbonyl (C=O) groups is 2. The van der Waals surface area contributed by atoms with Crippen molar-refractivity contribution in [2.24, 2.45) is 5.92 Å². The van der Waals surface area contributed by atoms with Crippen molar-refractivity contribution in [3.63, 3.8) is 0 Å². The fourth-order valence-corrected chi connectivity index (χ4v) is 2.22. The van der Waals surface area contributed by atoms with E-state index in [4.69, 9.17) is 9.47 Å². The van der Waals surface area contributed by atoms with E-state index >= 15 is 0 Å². The summed E-state index contributed by atoms with van der Waals surface area (Å²) >= 11 is 0. The quantitative estimate of drug-likeness (QED) is 0.517. The molecule has 1 atom stereocenters. The first-order valence-corrected chi connectivity index (χ1v) is 8.66. The van der Waals surface area contributed by atoms with Crippen LogP contribution in [-0.2, 0) is 20.9 Å². The van der Waals surface area contributed by atoms with Crippen molar-refractivity contribution < 1.29 is 19.1 Å². The Balaban J connectivity index is 2.45. The molecule has 0 aliphatic carbocycles. The monoisotopic (exact) mass is 335 g/mol. The fraction of sp³-hybridized carbons (Fsp3) is 0.579. The van der Waals surface area contributed by atoms with Crippen LogP contribution in [0, 0.1) is 5.92 Å². The maximum atomic E-state index is 12.2. The minimum Gasteiger partial charge on any atom is -0.464 e. The lowest BCUT2D eigenvalue weighted by Gasteiger charge is -2.19. The first kappa shape index (κ1) is 20.0. The highest BCUT2D eigenvalue weighted by atomic mass is 16.6. The van der Waals surface area contributed by atoms with Crippen LogP contribution in [0.1, 0.15) is 52.0 Å². The maximum Gasteiger partial charge on any atom is 0.408 e. The van der Waals surface area contributed by atoms with Crippen LogP contribution in [0.5, 0.6) is 0 Å². The summed E-state index contributed by atoms with van der Waals surface area (Å²) in [5, 5.41) is 2.62. The SMILES string of the molecule is CCCCCOC(=O)C(CC(C)C)NC(=O)OCc1ccccc1. The molecule has 5 nitrogen and oxygen atoms in total. The zero-order valence-electron chi connectivity index (χ0n) is 14.9. The van der Waals surface area contributed by atoms with E-state index in [0.717, 1.165) is 24.8 Å². The number of carbonyl (C=O) groups excluding carboxylic acids is 2. The van der Waals surface area contributed by atoms with Gasteiger partial charge in [-0.05, 0) is 24.3 Å². The summed E-state index contributed by atoms with van der Waals surface area (Å²) in [6.07, 6.45) is 2.85. The van der Waals surface area contributed by atoms with Crippen LogP contribution in [0.3, 0.4) is 0 Å². The van der Waals surface area contributed by atoms with Crippen LogP contribution in [0.15, 0.2) is 30.3 Å². The van der Waals surface area contributed by atoms with E-state index in [1.54, 1.807) is 0 Å². The molecule has 1 aromatic carbocycles. The van der Waals surface area contributed by atoms with Crippen LogP contribution in [0.25, 0.3) is 0 Å². The number of benzene rings is 1. The highest BCUT2D eigenvalue weighted by Gasteiger charge is 2.24. The highest BCUT2D eigenvalue weighted by Crippen LogP contribution is 2.08. The lowest BCUT2D eigenvalue weighted by atomic mass is 10.0. The molecule has 5 heteroatoms. The van der Waals surface area contributed by atoms with Gasteiger partial charge in [0.2, 0.25) is 0 Å². The van der Waals surface area contributed by atoms with Crippen molar-refractivity contribution in [2.45, 2.75) is 59.1 Å². The predicted octanol–water partition coefficient (Wildman–Crippen LogP) is 4.06. The fourth-order valence-electron chi connectivity index (χ4n) is 2.22. The molecule has 134 valence electrons. The molecule has 24 heavy (non-hydrogen) atoms. The van der Waals surface area contributed by atoms with Crippen LogP contribution < -0.4 is 5.32 Å². The number of hydrogen-bond acceptors (Lipinski definition) is 4. The molecule has 0 saturated carbocycles. The molecule has 0 heterocycles. The minimum absolute atomic E-state index is 0.173. The molecule has 0 aliphatic heterocycles. The number of amides is 1. The van der Waals surface area contributed by atoms with Crippen molar-refractivity contribution >= 4 is 12.1 Å². The molecule has 0 radical (unpaired) electrons. The third kappa shape index (κ3) is 8.56. The van der Waals surface area contributed by atoms with Gasteiger partial charge in [0.05, 0.1) is 6.61 Å². The Morgan fingerprint density at radius 2 is 1.79 bits per heavy atom. The van der Waals surface area contributed by atoms with Gasteiger partial charge in [-0.15, -0.1) is 0 Å². The van der Waals surface area contributed by atoms with Gasteiger partial charge in [-0.25, -0.2) is 9.59 Å². The topological polar surface area (TPSA) is 64.6 Å². The summed E-state index contributed by atoms with van der Waals surface area (Å²) < 4.78 is 10.4. The number of esters is 1. The van der Waals surface area contributed by atoms with E-state index in [-0.39, 0.29) is 12.5 Å². The number of ether oxygens (including phenoxy) is 2. The second kappa shape index (κ2) is 11.5. The molecule has 1 aromatic rings. The molecular formula is C19H29NO4. The molecule has 1 unspecified atom stereocenters. The Labute approximate surface area is 144 Å². The van der Waals surface area contributed by atoms with Crippen LogP contribution >= 0.6 is 0 Å². The van der Waals surface area contributed by atoms with E-state index in [1.165, 1.54) is 0 Å². The summed E-state index contributed by atoms with van der Waals surface area (Å²) in [6.45, 7) is 6.64. The maximum absolute atomic E-state index is 12.2. The second-order valence-corrected chi connectivity index (χ2v) is 6.26. The van der Waals surface area contributed by atoms with E-state index < -0.39 is 18.1 Å². The van der Waals surface area contributed by atoms with Gasteiger partial charge in [-0.2, -0.15) is 0 Å². The van der Waals surface area contributed by atoms with Crippen molar-refractivity contribution in [2.75, 3.05) is 6.61 Å². The Morgan fingerprint density at radius 1 is 1.08 bits per heavy atom. The third-order valence-electron chi connectivity index (χ3n) is 3.49. The number of alkyl carbamates (subject to hydrolysis) is 1. The van der Waals surface area contributed by atoms with E-state index in [9.17, 15) is 9.59 Å². The number of unbranched alkanes of at least 4 members (excludes halogenated alkanes) is 2. The van der Waals surface area contributed by atoms with Gasteiger partial charge in [0.25, 0.3) is 0 Å². The molecule has 1 amide bonds. The number of nitrogens with one attached hydrogen (secondary N) is 1. The summed E-state index contributed by atoms with van der Waals surface area (Å²) in [7, 11) is 0. The molecule has 0 spiro atoms. The first-order valence-electron chi connectivity index (χ1n) is 8.66. The van der Waals surface area contributed by atoms with Gasteiger partial charge in [-0.3, -0.25) is 0 Å². The lowest BCUT2D eigenvalue weighted by molar-refractivity contribution is -0.146. The second-order valence-electron chi connectivity index (χ2n) is 6.26. The van der Waals surface area contributed by atoms with Gasteiger partial charge in [-0.1, -0.05) is 63.9 Å². The van der Waals surface area contributed by atoms with Crippen LogP contribution in [0.4, 0.5) is 4.79 Å². The first-order chi connectivity index (χ1) is 11.5. The molecule has 1 N–H and O–H groups in total. The Hall–Kier alpha value is -2.04. The zero-order chi connectivity index (χ0) is 17.8. The summed E-state index contributed by atoms with van der Waals surface area (Å²) in [4.78, 5) is 24.1. The molecule has 0 fully saturated rings. The van der Waals surface area contributed by atoms with Crippen LogP contribution in [-0.4, -0.2) is 24.7 Å². The third-order valence-corrected chi connectivity index (χ3v) is 3.49. The predicted molar refractivity (Wildman–Crippen MR) is 93.5 cm³/mol. The van der Waals surface area contributed by atoms with E-state index in [0.29, 0.717) is 13.0 Å². The Bertz CT molecular complexity index is 487. The summed E-state index contributed by atoms with van der Waals surface area (Å²) in [5.74, 6) is -0.135. The standard InChI is InChI=1S/C19H29NO4/c1-4-5-9-12-23-18(21)17(13-15(2)3)20-19(22)24-14-16-10-7-6-8-11-16/h6-8,10-11,15,17H,4-5,9,12-14H2,1-3H3,(H,20,22). The molecular weight excluding hydrogens is 306 g/mol. The average Bonchev–Trinajstić information content (AvgIpc) is 2.56. The molecule has 0 bridgehead atoms. The zero-order valence-corrected chi connectivity index (χ0v) is 14.9. The largest absolute Gasteiger partial charge is 0.464 e. The van der Waals surface area contributed by atoms with Crippen molar-refractivity contribution in [3.05, 3.63) is 35.9 Å². The van der Waals surface area contributed by atoms with Crippen molar-refractivity contribution in [1.29, 1.82) is 0 Å². The van der Waals surface area contributed by atoms with Crippen LogP contribution in [0.2, 0.25) is 0 Å². The summed E-state index contributed by atoms with van der Waals surface area (Å²) in [5.41, 5.74) is 0.898. The van der Waals surface area contributed by atoms with E-state index in [2.05, 4.69) is 12.2 Å². The van der Waals surface area contributed by atoms with Gasteiger partial charge in [0.1, 0.15) is 12.6 Å². The normalized spacial score (nSPS) is 11.8. The molecule has 0 aromatic heterocycles. The van der Waals surface area contributed by atoms with Crippen molar-refractivity contribution in [1.82, 2.24) is 5.32 Å². The number of hydrogen-bond donors (Lipinski definition) is 1. The molecule has 0 saturated heterocycles. The van der Waals surface area contributed by atoms with Gasteiger partial charge in [0.15, 0.2) is 0 Å². The average molecular weight is 335 g/mol. The van der Waals surface area contributed by atoms with Gasteiger partial charge >= 0.3 is 12.1 Å². The Kier molecular flexibility index (Phi) is 9.58.